The minimum absolute atomic E-state index is 0.00188. The highest BCUT2D eigenvalue weighted by atomic mass is 19.4. The Morgan fingerprint density at radius 1 is 1.05 bits per heavy atom. The molecule has 1 aromatic heterocycles. The second kappa shape index (κ2) is 14.2. The SMILES string of the molecule is C=CC(=O)Nc1ccc(F)c(Nc2nc(NCCN(C)C)ncc2-c2ccc(C(F)(F)F)cc2)c1.O=C(O)C(F)(F)F. The number of aliphatic carboxylic acids is 1. The van der Waals surface area contributed by atoms with Crippen molar-refractivity contribution in [3.8, 4) is 11.1 Å². The van der Waals surface area contributed by atoms with Crippen LogP contribution in [-0.2, 0) is 15.8 Å². The van der Waals surface area contributed by atoms with Crippen molar-refractivity contribution in [2.24, 2.45) is 0 Å². The summed E-state index contributed by atoms with van der Waals surface area (Å²) in [6, 6.07) is 8.41. The number of benzene rings is 2. The largest absolute Gasteiger partial charge is 0.490 e. The van der Waals surface area contributed by atoms with Crippen LogP contribution in [-0.4, -0.2) is 65.2 Å². The number of hydrogen-bond acceptors (Lipinski definition) is 7. The predicted octanol–water partition coefficient (Wildman–Crippen LogP) is 5.78. The zero-order chi connectivity index (χ0) is 31.7. The number of aromatic nitrogens is 2. The van der Waals surface area contributed by atoms with E-state index < -0.39 is 35.6 Å². The highest BCUT2D eigenvalue weighted by molar-refractivity contribution is 5.99. The second-order valence-electron chi connectivity index (χ2n) is 8.58. The number of alkyl halides is 6. The highest BCUT2D eigenvalue weighted by Crippen LogP contribution is 2.34. The minimum atomic E-state index is -5.08. The van der Waals surface area contributed by atoms with Gasteiger partial charge in [0.2, 0.25) is 11.9 Å². The first-order chi connectivity index (χ1) is 19.5. The maximum absolute atomic E-state index is 14.6. The first-order valence-electron chi connectivity index (χ1n) is 11.7. The number of nitrogens with one attached hydrogen (secondary N) is 3. The molecule has 0 atom stereocenters. The average Bonchev–Trinajstić information content (AvgIpc) is 2.90. The predicted molar refractivity (Wildman–Crippen MR) is 142 cm³/mol. The molecule has 3 rings (SSSR count). The lowest BCUT2D eigenvalue weighted by atomic mass is 10.1. The van der Waals surface area contributed by atoms with Crippen LogP contribution in [0.25, 0.3) is 11.1 Å². The molecular weight excluding hydrogens is 577 g/mol. The average molecular weight is 603 g/mol. The zero-order valence-electron chi connectivity index (χ0n) is 22.1. The molecule has 1 amide bonds. The molecule has 0 saturated heterocycles. The van der Waals surface area contributed by atoms with Gasteiger partial charge in [-0.25, -0.2) is 14.2 Å². The molecule has 0 fully saturated rings. The van der Waals surface area contributed by atoms with Gasteiger partial charge >= 0.3 is 18.3 Å². The lowest BCUT2D eigenvalue weighted by Gasteiger charge is -2.16. The van der Waals surface area contributed by atoms with Gasteiger partial charge in [0.15, 0.2) is 0 Å². The summed E-state index contributed by atoms with van der Waals surface area (Å²) >= 11 is 0. The Morgan fingerprint density at radius 2 is 1.67 bits per heavy atom. The number of carbonyl (C=O) groups is 2. The van der Waals surface area contributed by atoms with Gasteiger partial charge in [0.1, 0.15) is 11.6 Å². The maximum Gasteiger partial charge on any atom is 0.490 e. The Balaban J connectivity index is 0.000000782. The van der Waals surface area contributed by atoms with Gasteiger partial charge in [0.25, 0.3) is 0 Å². The fourth-order valence-electron chi connectivity index (χ4n) is 3.02. The Kier molecular flexibility index (Phi) is 11.4. The number of hydrogen-bond donors (Lipinski definition) is 4. The number of anilines is 4. The summed E-state index contributed by atoms with van der Waals surface area (Å²) in [4.78, 5) is 31.1. The van der Waals surface area contributed by atoms with Gasteiger partial charge in [-0.1, -0.05) is 18.7 Å². The number of amides is 1. The lowest BCUT2D eigenvalue weighted by Crippen LogP contribution is -2.21. The van der Waals surface area contributed by atoms with E-state index in [4.69, 9.17) is 9.90 Å². The third kappa shape index (κ3) is 10.3. The van der Waals surface area contributed by atoms with Crippen LogP contribution in [0.3, 0.4) is 0 Å². The van der Waals surface area contributed by atoms with E-state index in [1.165, 1.54) is 30.5 Å². The Bertz CT molecular complexity index is 1390. The normalized spacial score (nSPS) is 11.3. The van der Waals surface area contributed by atoms with Gasteiger partial charge in [-0.15, -0.1) is 0 Å². The van der Waals surface area contributed by atoms with Crippen molar-refractivity contribution in [2.75, 3.05) is 43.1 Å². The Hall–Kier alpha value is -4.73. The molecule has 42 heavy (non-hydrogen) atoms. The van der Waals surface area contributed by atoms with E-state index in [0.717, 1.165) is 24.3 Å². The van der Waals surface area contributed by atoms with Crippen molar-refractivity contribution < 1.29 is 45.4 Å². The fraction of sp³-hybridized carbons (Fsp3) is 0.231. The van der Waals surface area contributed by atoms with Crippen molar-refractivity contribution in [1.29, 1.82) is 0 Å². The van der Waals surface area contributed by atoms with Crippen LogP contribution in [0.2, 0.25) is 0 Å². The van der Waals surface area contributed by atoms with E-state index >= 15 is 0 Å². The summed E-state index contributed by atoms with van der Waals surface area (Å²) in [5.41, 5.74) is 0.273. The third-order valence-corrected chi connectivity index (χ3v) is 5.07. The van der Waals surface area contributed by atoms with Crippen molar-refractivity contribution in [3.05, 3.63) is 72.7 Å². The second-order valence-corrected chi connectivity index (χ2v) is 8.58. The molecule has 9 nitrogen and oxygen atoms in total. The van der Waals surface area contributed by atoms with Crippen molar-refractivity contribution in [1.82, 2.24) is 14.9 Å². The molecule has 226 valence electrons. The van der Waals surface area contributed by atoms with Gasteiger partial charge in [0.05, 0.1) is 11.3 Å². The van der Waals surface area contributed by atoms with E-state index in [2.05, 4.69) is 32.5 Å². The Morgan fingerprint density at radius 3 is 2.19 bits per heavy atom. The number of likely N-dealkylation sites (N-methyl/N-ethyl adjacent to an activating group) is 1. The van der Waals surface area contributed by atoms with Crippen molar-refractivity contribution >= 4 is 35.0 Å². The van der Waals surface area contributed by atoms with Crippen LogP contribution >= 0.6 is 0 Å². The van der Waals surface area contributed by atoms with Gasteiger partial charge in [0, 0.05) is 30.5 Å². The summed E-state index contributed by atoms with van der Waals surface area (Å²) in [6.07, 6.45) is -7.04. The smallest absolute Gasteiger partial charge is 0.475 e. The summed E-state index contributed by atoms with van der Waals surface area (Å²) in [6.45, 7) is 4.61. The van der Waals surface area contributed by atoms with E-state index in [-0.39, 0.29) is 17.5 Å². The zero-order valence-corrected chi connectivity index (χ0v) is 22.1. The molecular formula is C26H25F7N6O3. The minimum Gasteiger partial charge on any atom is -0.475 e. The van der Waals surface area contributed by atoms with Crippen LogP contribution in [0.4, 0.5) is 53.9 Å². The molecule has 16 heteroatoms. The van der Waals surface area contributed by atoms with E-state index in [1.807, 2.05) is 19.0 Å². The number of carboxylic acids is 1. The Labute approximate surface area is 235 Å². The molecule has 0 aliphatic carbocycles. The van der Waals surface area contributed by atoms with E-state index in [1.54, 1.807) is 0 Å². The summed E-state index contributed by atoms with van der Waals surface area (Å²) in [5, 5.41) is 15.6. The van der Waals surface area contributed by atoms with Crippen LogP contribution in [0, 0.1) is 5.82 Å². The summed E-state index contributed by atoms with van der Waals surface area (Å²) in [7, 11) is 3.81. The third-order valence-electron chi connectivity index (χ3n) is 5.07. The van der Waals surface area contributed by atoms with Crippen LogP contribution in [0.5, 0.6) is 0 Å². The maximum atomic E-state index is 14.6. The monoisotopic (exact) mass is 602 g/mol. The fourth-order valence-corrected chi connectivity index (χ4v) is 3.02. The van der Waals surface area contributed by atoms with Crippen molar-refractivity contribution in [2.45, 2.75) is 12.4 Å². The molecule has 0 aliphatic rings. The molecule has 4 N–H and O–H groups in total. The van der Waals surface area contributed by atoms with Gasteiger partial charge in [-0.3, -0.25) is 4.79 Å². The van der Waals surface area contributed by atoms with E-state index in [0.29, 0.717) is 29.9 Å². The van der Waals surface area contributed by atoms with Crippen LogP contribution in [0.15, 0.2) is 61.3 Å². The number of carboxylic acid groups (broad SMARTS) is 1. The molecule has 0 radical (unpaired) electrons. The molecule has 3 aromatic rings. The molecule has 2 aromatic carbocycles. The number of carbonyl (C=O) groups excluding carboxylic acids is 1. The molecule has 0 aliphatic heterocycles. The summed E-state index contributed by atoms with van der Waals surface area (Å²) in [5.74, 6) is -3.43. The first kappa shape index (κ1) is 33.5. The quantitative estimate of drug-likeness (QED) is 0.180. The van der Waals surface area contributed by atoms with Gasteiger partial charge < -0.3 is 26.0 Å². The molecule has 0 saturated carbocycles. The van der Waals surface area contributed by atoms with Gasteiger partial charge in [-0.05, 0) is 56.1 Å². The van der Waals surface area contributed by atoms with Crippen LogP contribution in [0.1, 0.15) is 5.56 Å². The molecule has 0 bridgehead atoms. The summed E-state index contributed by atoms with van der Waals surface area (Å²) < 4.78 is 85.3. The molecule has 0 spiro atoms. The van der Waals surface area contributed by atoms with E-state index in [9.17, 15) is 35.5 Å². The highest BCUT2D eigenvalue weighted by Gasteiger charge is 2.38. The van der Waals surface area contributed by atoms with Crippen molar-refractivity contribution in [3.63, 3.8) is 0 Å². The molecule has 0 unspecified atom stereocenters. The van der Waals surface area contributed by atoms with Gasteiger partial charge in [-0.2, -0.15) is 31.3 Å². The number of nitrogens with zero attached hydrogens (tertiary/aromatic N) is 3. The van der Waals surface area contributed by atoms with Crippen LogP contribution < -0.4 is 16.0 Å². The number of rotatable bonds is 9. The first-order valence-corrected chi connectivity index (χ1v) is 11.7. The lowest BCUT2D eigenvalue weighted by molar-refractivity contribution is -0.192. The standard InChI is InChI=1S/C24H24F4N6O.C2HF3O2/c1-4-21(35)31-17-9-10-19(25)20(13-17)32-22-18(14-30-23(33-22)29-11-12-34(2)3)15-5-7-16(8-6-15)24(26,27)28;3-2(4,5)1(6)7/h4-10,13-14H,1,11-12H2,2-3H3,(H,31,35)(H2,29,30,32,33);(H,6,7). The molecule has 1 heterocycles. The topological polar surface area (TPSA) is 119 Å². The number of halogens is 7.